The average Bonchev–Trinajstić information content (AvgIpc) is 3.55. The molecule has 6 heteroatoms. The van der Waals surface area contributed by atoms with E-state index in [1.807, 2.05) is 35.2 Å². The van der Waals surface area contributed by atoms with Crippen LogP contribution in [0.1, 0.15) is 56.1 Å². The predicted molar refractivity (Wildman–Crippen MR) is 124 cm³/mol. The van der Waals surface area contributed by atoms with Gasteiger partial charge in [-0.15, -0.1) is 0 Å². The molecule has 176 valence electrons. The number of hydrogen-bond donors (Lipinski definition) is 0. The lowest BCUT2D eigenvalue weighted by molar-refractivity contribution is -0.138. The number of ether oxygens (including phenoxy) is 4. The van der Waals surface area contributed by atoms with Crippen LogP contribution in [-0.4, -0.2) is 36.9 Å². The Kier molecular flexibility index (Phi) is 7.01. The van der Waals surface area contributed by atoms with Crippen molar-refractivity contribution < 1.29 is 23.7 Å². The number of benzene rings is 2. The summed E-state index contributed by atoms with van der Waals surface area (Å²) in [6.45, 7) is 2.86. The lowest BCUT2D eigenvalue weighted by Crippen LogP contribution is -2.41. The first-order valence-corrected chi connectivity index (χ1v) is 12.3. The zero-order valence-electron chi connectivity index (χ0n) is 19.2. The van der Waals surface area contributed by atoms with Crippen molar-refractivity contribution in [3.63, 3.8) is 0 Å². The van der Waals surface area contributed by atoms with E-state index in [4.69, 9.17) is 18.9 Å². The molecule has 1 aliphatic carbocycles. The number of amides is 1. The summed E-state index contributed by atoms with van der Waals surface area (Å²) in [5.74, 6) is 2.82. The lowest BCUT2D eigenvalue weighted by Gasteiger charge is -2.31. The van der Waals surface area contributed by atoms with Gasteiger partial charge in [-0.25, -0.2) is 0 Å². The fraction of sp³-hybridized carbons (Fsp3) is 0.519. The molecular formula is C27H33NO5. The summed E-state index contributed by atoms with van der Waals surface area (Å²) in [6.07, 6.45) is 7.93. The van der Waals surface area contributed by atoms with Gasteiger partial charge >= 0.3 is 0 Å². The minimum atomic E-state index is 0.168. The van der Waals surface area contributed by atoms with Crippen LogP contribution in [0, 0.1) is 5.92 Å². The first kappa shape index (κ1) is 22.1. The van der Waals surface area contributed by atoms with Crippen molar-refractivity contribution in [2.24, 2.45) is 5.92 Å². The fourth-order valence-corrected chi connectivity index (χ4v) is 4.98. The molecule has 5 rings (SSSR count). The van der Waals surface area contributed by atoms with Crippen molar-refractivity contribution in [2.45, 2.75) is 64.2 Å². The van der Waals surface area contributed by atoms with Gasteiger partial charge in [-0.3, -0.25) is 4.79 Å². The van der Waals surface area contributed by atoms with Crippen LogP contribution >= 0.6 is 0 Å². The van der Waals surface area contributed by atoms with Gasteiger partial charge in [0.2, 0.25) is 12.7 Å². The second-order valence-electron chi connectivity index (χ2n) is 9.31. The van der Waals surface area contributed by atoms with Crippen molar-refractivity contribution in [3.8, 4) is 17.2 Å². The van der Waals surface area contributed by atoms with Crippen LogP contribution in [0.5, 0.6) is 17.2 Å². The van der Waals surface area contributed by atoms with Gasteiger partial charge in [-0.1, -0.05) is 37.5 Å². The average molecular weight is 452 g/mol. The first-order valence-electron chi connectivity index (χ1n) is 12.3. The number of carbonyl (C=O) groups is 1. The van der Waals surface area contributed by atoms with Crippen LogP contribution in [0.3, 0.4) is 0 Å². The Morgan fingerprint density at radius 2 is 1.70 bits per heavy atom. The van der Waals surface area contributed by atoms with E-state index in [1.54, 1.807) is 0 Å². The van der Waals surface area contributed by atoms with Crippen molar-refractivity contribution in [2.75, 3.05) is 19.9 Å². The Bertz CT molecular complexity index is 932. The summed E-state index contributed by atoms with van der Waals surface area (Å²) >= 11 is 0. The first-order chi connectivity index (χ1) is 16.2. The summed E-state index contributed by atoms with van der Waals surface area (Å²) in [6, 6.07) is 13.9. The molecule has 3 aliphatic rings. The van der Waals surface area contributed by atoms with Gasteiger partial charge in [0.1, 0.15) is 12.4 Å². The smallest absolute Gasteiger partial charge is 0.231 e. The normalized spacial score (nSPS) is 20.1. The largest absolute Gasteiger partial charge is 0.489 e. The zero-order valence-corrected chi connectivity index (χ0v) is 19.2. The molecule has 0 spiro atoms. The van der Waals surface area contributed by atoms with E-state index in [9.17, 15) is 4.79 Å². The topological polar surface area (TPSA) is 57.2 Å². The second-order valence-corrected chi connectivity index (χ2v) is 9.31. The van der Waals surface area contributed by atoms with E-state index in [-0.39, 0.29) is 18.8 Å². The molecule has 0 radical (unpaired) electrons. The maximum absolute atomic E-state index is 13.3. The molecule has 2 fully saturated rings. The molecule has 1 unspecified atom stereocenters. The molecule has 1 amide bonds. The number of fused-ring (bicyclic) bond motifs is 1. The summed E-state index contributed by atoms with van der Waals surface area (Å²) in [5.41, 5.74) is 2.15. The molecule has 1 atom stereocenters. The minimum Gasteiger partial charge on any atom is -0.489 e. The molecule has 1 saturated carbocycles. The van der Waals surface area contributed by atoms with Gasteiger partial charge < -0.3 is 23.8 Å². The number of rotatable bonds is 8. The third-order valence-corrected chi connectivity index (χ3v) is 6.85. The van der Waals surface area contributed by atoms with Gasteiger partial charge in [-0.2, -0.15) is 0 Å². The Balaban J connectivity index is 1.20. The minimum absolute atomic E-state index is 0.168. The zero-order chi connectivity index (χ0) is 22.5. The predicted octanol–water partition coefficient (Wildman–Crippen LogP) is 5.08. The number of nitrogens with zero attached hydrogens (tertiary/aromatic N) is 1. The van der Waals surface area contributed by atoms with Gasteiger partial charge in [-0.05, 0) is 61.1 Å². The van der Waals surface area contributed by atoms with E-state index in [2.05, 4.69) is 12.1 Å². The highest BCUT2D eigenvalue weighted by atomic mass is 16.7. The van der Waals surface area contributed by atoms with Crippen LogP contribution in [0.2, 0.25) is 0 Å². The highest BCUT2D eigenvalue weighted by Crippen LogP contribution is 2.33. The van der Waals surface area contributed by atoms with Crippen molar-refractivity contribution in [3.05, 3.63) is 53.6 Å². The van der Waals surface area contributed by atoms with Crippen LogP contribution in [0.4, 0.5) is 0 Å². The van der Waals surface area contributed by atoms with E-state index in [0.717, 1.165) is 60.7 Å². The van der Waals surface area contributed by atoms with E-state index < -0.39 is 0 Å². The molecule has 0 bridgehead atoms. The molecule has 1 saturated heterocycles. The monoisotopic (exact) mass is 451 g/mol. The molecule has 0 aromatic heterocycles. The van der Waals surface area contributed by atoms with Crippen LogP contribution in [0.15, 0.2) is 42.5 Å². The van der Waals surface area contributed by atoms with Crippen molar-refractivity contribution in [1.29, 1.82) is 0 Å². The molecule has 2 aliphatic heterocycles. The van der Waals surface area contributed by atoms with Crippen LogP contribution in [-0.2, 0) is 22.7 Å². The number of carbonyl (C=O) groups excluding carboxylic acids is 1. The molecule has 0 N–H and O–H groups in total. The highest BCUT2D eigenvalue weighted by Gasteiger charge is 2.29. The summed E-state index contributed by atoms with van der Waals surface area (Å²) in [5, 5.41) is 0. The Morgan fingerprint density at radius 1 is 0.909 bits per heavy atom. The van der Waals surface area contributed by atoms with Gasteiger partial charge in [0.25, 0.3) is 0 Å². The van der Waals surface area contributed by atoms with Crippen molar-refractivity contribution in [1.82, 2.24) is 4.90 Å². The summed E-state index contributed by atoms with van der Waals surface area (Å²) in [7, 11) is 0. The standard InChI is InChI=1S/C27H33NO5/c29-27(22-5-2-1-3-6-22)28(17-24-7-4-14-30-24)16-20-8-11-23(12-9-20)31-18-21-10-13-25-26(15-21)33-19-32-25/h8-13,15,22,24H,1-7,14,16-19H2. The number of hydrogen-bond acceptors (Lipinski definition) is 5. The van der Waals surface area contributed by atoms with E-state index in [1.165, 1.54) is 19.3 Å². The molecule has 33 heavy (non-hydrogen) atoms. The van der Waals surface area contributed by atoms with Gasteiger partial charge in [0.05, 0.1) is 6.10 Å². The summed E-state index contributed by atoms with van der Waals surface area (Å²) in [4.78, 5) is 15.4. The SMILES string of the molecule is O=C(C1CCCCC1)N(Cc1ccc(OCc2ccc3c(c2)OCO3)cc1)CC1CCCO1. The Labute approximate surface area is 195 Å². The highest BCUT2D eigenvalue weighted by molar-refractivity contribution is 5.79. The molecule has 2 aromatic rings. The molecule has 6 nitrogen and oxygen atoms in total. The van der Waals surface area contributed by atoms with Gasteiger partial charge in [0, 0.05) is 25.6 Å². The molecular weight excluding hydrogens is 418 g/mol. The summed E-state index contributed by atoms with van der Waals surface area (Å²) < 4.78 is 22.6. The van der Waals surface area contributed by atoms with Crippen LogP contribution < -0.4 is 14.2 Å². The maximum atomic E-state index is 13.3. The van der Waals surface area contributed by atoms with E-state index >= 15 is 0 Å². The lowest BCUT2D eigenvalue weighted by atomic mass is 9.88. The van der Waals surface area contributed by atoms with Crippen LogP contribution in [0.25, 0.3) is 0 Å². The van der Waals surface area contributed by atoms with Gasteiger partial charge in [0.15, 0.2) is 11.5 Å². The third kappa shape index (κ3) is 5.61. The Hall–Kier alpha value is -2.73. The molecule has 2 heterocycles. The second kappa shape index (κ2) is 10.5. The third-order valence-electron chi connectivity index (χ3n) is 6.85. The Morgan fingerprint density at radius 3 is 2.48 bits per heavy atom. The molecule has 2 aromatic carbocycles. The van der Waals surface area contributed by atoms with E-state index in [0.29, 0.717) is 25.6 Å². The quantitative estimate of drug-likeness (QED) is 0.560. The maximum Gasteiger partial charge on any atom is 0.231 e. The van der Waals surface area contributed by atoms with Crippen molar-refractivity contribution >= 4 is 5.91 Å². The fourth-order valence-electron chi connectivity index (χ4n) is 4.98.